The summed E-state index contributed by atoms with van der Waals surface area (Å²) in [6, 6.07) is 8.20. The zero-order chi connectivity index (χ0) is 20.7. The lowest BCUT2D eigenvalue weighted by molar-refractivity contribution is -0.138. The van der Waals surface area contributed by atoms with Gasteiger partial charge >= 0.3 is 12.4 Å². The highest BCUT2D eigenvalue weighted by molar-refractivity contribution is 7.19. The summed E-state index contributed by atoms with van der Waals surface area (Å²) in [4.78, 5) is 3.93. The fraction of sp³-hybridized carbons (Fsp3) is 0.111. The predicted octanol–water partition coefficient (Wildman–Crippen LogP) is 6.28. The Labute approximate surface area is 157 Å². The van der Waals surface area contributed by atoms with Crippen LogP contribution in [0.25, 0.3) is 21.5 Å². The molecule has 3 nitrogen and oxygen atoms in total. The van der Waals surface area contributed by atoms with Gasteiger partial charge in [-0.05, 0) is 30.3 Å². The minimum atomic E-state index is -4.65. The van der Waals surface area contributed by atoms with Crippen LogP contribution >= 0.6 is 11.3 Å². The molecule has 144 valence electrons. The van der Waals surface area contributed by atoms with Crippen molar-refractivity contribution in [2.75, 3.05) is 0 Å². The van der Waals surface area contributed by atoms with Crippen molar-refractivity contribution in [1.82, 2.24) is 4.98 Å². The molecule has 2 aromatic carbocycles. The fourth-order valence-corrected chi connectivity index (χ4v) is 3.34. The van der Waals surface area contributed by atoms with E-state index in [-0.39, 0.29) is 16.1 Å². The van der Waals surface area contributed by atoms with E-state index in [1.807, 2.05) is 0 Å². The summed E-state index contributed by atoms with van der Waals surface area (Å²) in [5.41, 5.74) is -2.69. The Morgan fingerprint density at radius 3 is 2.21 bits per heavy atom. The van der Waals surface area contributed by atoms with E-state index in [9.17, 15) is 36.7 Å². The van der Waals surface area contributed by atoms with E-state index in [1.54, 1.807) is 6.07 Å². The molecule has 0 spiro atoms. The van der Waals surface area contributed by atoms with Crippen molar-refractivity contribution >= 4 is 32.9 Å². The summed E-state index contributed by atoms with van der Waals surface area (Å²) in [5.74, 6) is -0.747. The van der Waals surface area contributed by atoms with Gasteiger partial charge in [-0.15, -0.1) is 11.3 Å². The minimum absolute atomic E-state index is 0.0422. The van der Waals surface area contributed by atoms with Crippen LogP contribution in [0.5, 0.6) is 0 Å². The van der Waals surface area contributed by atoms with Gasteiger partial charge in [0.05, 0.1) is 21.3 Å². The molecule has 0 bridgehead atoms. The van der Waals surface area contributed by atoms with Gasteiger partial charge in [0.15, 0.2) is 0 Å². The Bertz CT molecular complexity index is 1120. The Morgan fingerprint density at radius 1 is 0.964 bits per heavy atom. The van der Waals surface area contributed by atoms with Crippen LogP contribution in [0.1, 0.15) is 21.7 Å². The first-order valence-electron chi connectivity index (χ1n) is 7.50. The van der Waals surface area contributed by atoms with Gasteiger partial charge in [-0.2, -0.15) is 31.6 Å². The van der Waals surface area contributed by atoms with Crippen molar-refractivity contribution in [2.24, 2.45) is 0 Å². The average Bonchev–Trinajstić information content (AvgIpc) is 3.03. The van der Waals surface area contributed by atoms with E-state index in [0.29, 0.717) is 10.8 Å². The number of fused-ring (bicyclic) bond motifs is 1. The van der Waals surface area contributed by atoms with E-state index in [1.165, 1.54) is 12.1 Å². The highest BCUT2D eigenvalue weighted by atomic mass is 32.1. The number of alkyl halides is 6. The first kappa shape index (κ1) is 19.7. The van der Waals surface area contributed by atoms with Crippen LogP contribution in [0.4, 0.5) is 26.3 Å². The fourth-order valence-electron chi connectivity index (χ4n) is 2.40. The monoisotopic (exact) mass is 414 g/mol. The molecular weight excluding hydrogens is 406 g/mol. The van der Waals surface area contributed by atoms with Crippen LogP contribution in [-0.4, -0.2) is 10.1 Å². The third kappa shape index (κ3) is 3.80. The molecule has 3 rings (SSSR count). The number of aliphatic hydroxyl groups excluding tert-OH is 1. The lowest BCUT2D eigenvalue weighted by atomic mass is 10.1. The average molecular weight is 414 g/mol. The number of allylic oxidation sites excluding steroid dienone is 1. The number of halogens is 6. The number of hydrogen-bond acceptors (Lipinski definition) is 4. The van der Waals surface area contributed by atoms with Crippen LogP contribution in [0.15, 0.2) is 42.5 Å². The van der Waals surface area contributed by atoms with Gasteiger partial charge < -0.3 is 5.11 Å². The Balaban J connectivity index is 2.11. The van der Waals surface area contributed by atoms with E-state index >= 15 is 0 Å². The molecule has 3 aromatic rings. The lowest BCUT2D eigenvalue weighted by Gasteiger charge is -2.09. The zero-order valence-electron chi connectivity index (χ0n) is 13.6. The van der Waals surface area contributed by atoms with Crippen LogP contribution in [0, 0.1) is 11.3 Å². The number of nitrogens with zero attached hydrogens (tertiary/aromatic N) is 2. The van der Waals surface area contributed by atoms with Crippen molar-refractivity contribution in [2.45, 2.75) is 12.4 Å². The second-order valence-corrected chi connectivity index (χ2v) is 6.64. The molecule has 1 heterocycles. The summed E-state index contributed by atoms with van der Waals surface area (Å²) in [6.45, 7) is 0. The van der Waals surface area contributed by atoms with E-state index in [2.05, 4.69) is 4.98 Å². The Kier molecular flexibility index (Phi) is 4.81. The molecule has 0 aliphatic carbocycles. The van der Waals surface area contributed by atoms with E-state index < -0.39 is 34.8 Å². The van der Waals surface area contributed by atoms with Gasteiger partial charge in [-0.1, -0.05) is 12.1 Å². The van der Waals surface area contributed by atoms with Crippen molar-refractivity contribution in [3.63, 3.8) is 0 Å². The quantitative estimate of drug-likeness (QED) is 0.305. The molecule has 28 heavy (non-hydrogen) atoms. The zero-order valence-corrected chi connectivity index (χ0v) is 14.4. The summed E-state index contributed by atoms with van der Waals surface area (Å²) in [5, 5.41) is 19.6. The topological polar surface area (TPSA) is 56.9 Å². The molecule has 0 amide bonds. The van der Waals surface area contributed by atoms with Crippen molar-refractivity contribution in [1.29, 1.82) is 5.26 Å². The number of nitriles is 1. The molecular formula is C18H8F6N2OS. The summed E-state index contributed by atoms with van der Waals surface area (Å²) in [7, 11) is 0. The molecule has 0 saturated heterocycles. The van der Waals surface area contributed by atoms with Gasteiger partial charge in [0.1, 0.15) is 22.4 Å². The molecule has 0 saturated carbocycles. The Morgan fingerprint density at radius 2 is 1.61 bits per heavy atom. The molecule has 0 aliphatic heterocycles. The third-order valence-corrected chi connectivity index (χ3v) is 4.79. The van der Waals surface area contributed by atoms with Crippen molar-refractivity contribution < 1.29 is 31.4 Å². The maximum Gasteiger partial charge on any atom is 0.416 e. The SMILES string of the molecule is N#C/C(=C(/O)c1cccc(C(F)(F)F)c1)c1nc2cc(C(F)(F)F)ccc2s1. The second-order valence-electron chi connectivity index (χ2n) is 5.61. The number of aromatic nitrogens is 1. The standard InChI is InChI=1S/C18H8F6N2OS/c19-17(20,21)10-3-1-2-9(6-10)15(27)12(8-25)16-26-13-7-11(18(22,23)24)4-5-14(13)28-16/h1-7,27H/b15-12-. The van der Waals surface area contributed by atoms with Crippen LogP contribution < -0.4 is 0 Å². The molecule has 1 aromatic heterocycles. The normalized spacial score (nSPS) is 13.3. The van der Waals surface area contributed by atoms with E-state index in [4.69, 9.17) is 0 Å². The second kappa shape index (κ2) is 6.83. The lowest BCUT2D eigenvalue weighted by Crippen LogP contribution is -2.05. The summed E-state index contributed by atoms with van der Waals surface area (Å²) in [6.07, 6.45) is -9.22. The molecule has 1 N–H and O–H groups in total. The number of aliphatic hydroxyl groups is 1. The largest absolute Gasteiger partial charge is 0.506 e. The first-order chi connectivity index (χ1) is 13.0. The highest BCUT2D eigenvalue weighted by Gasteiger charge is 2.32. The molecule has 10 heteroatoms. The van der Waals surface area contributed by atoms with E-state index in [0.717, 1.165) is 35.6 Å². The predicted molar refractivity (Wildman–Crippen MR) is 91.1 cm³/mol. The Hall–Kier alpha value is -3.06. The third-order valence-electron chi connectivity index (χ3n) is 3.74. The highest BCUT2D eigenvalue weighted by Crippen LogP contribution is 2.36. The van der Waals surface area contributed by atoms with Gasteiger partial charge in [0, 0.05) is 5.56 Å². The van der Waals surface area contributed by atoms with Gasteiger partial charge in [0.2, 0.25) is 0 Å². The van der Waals surface area contributed by atoms with Crippen LogP contribution in [0.2, 0.25) is 0 Å². The van der Waals surface area contributed by atoms with Gasteiger partial charge in [-0.25, -0.2) is 4.98 Å². The summed E-state index contributed by atoms with van der Waals surface area (Å²) < 4.78 is 77.3. The van der Waals surface area contributed by atoms with Gasteiger partial charge in [-0.3, -0.25) is 0 Å². The molecule has 0 fully saturated rings. The molecule has 0 unspecified atom stereocenters. The van der Waals surface area contributed by atoms with Gasteiger partial charge in [0.25, 0.3) is 0 Å². The number of benzene rings is 2. The maximum atomic E-state index is 12.8. The molecule has 0 aliphatic rings. The molecule has 0 atom stereocenters. The first-order valence-corrected chi connectivity index (χ1v) is 8.31. The maximum absolute atomic E-state index is 12.8. The number of rotatable bonds is 2. The number of thiazole rings is 1. The summed E-state index contributed by atoms with van der Waals surface area (Å²) >= 11 is 0.841. The van der Waals surface area contributed by atoms with Crippen molar-refractivity contribution in [3.8, 4) is 6.07 Å². The van der Waals surface area contributed by atoms with Crippen LogP contribution in [-0.2, 0) is 12.4 Å². The minimum Gasteiger partial charge on any atom is -0.506 e. The smallest absolute Gasteiger partial charge is 0.416 e. The van der Waals surface area contributed by atoms with Crippen molar-refractivity contribution in [3.05, 3.63) is 64.2 Å². The molecule has 0 radical (unpaired) electrons. The number of hydrogen-bond donors (Lipinski definition) is 1. The van der Waals surface area contributed by atoms with Crippen LogP contribution in [0.3, 0.4) is 0 Å².